The van der Waals surface area contributed by atoms with Gasteiger partial charge in [-0.2, -0.15) is 0 Å². The Labute approximate surface area is 218 Å². The van der Waals surface area contributed by atoms with Crippen LogP contribution in [0.3, 0.4) is 0 Å². The van der Waals surface area contributed by atoms with Crippen LogP contribution >= 0.6 is 11.8 Å². The number of methoxy groups -OCH3 is 2. The Balaban J connectivity index is 1.54. The molecule has 1 aromatic rings. The molecule has 0 saturated carbocycles. The molecule has 198 valence electrons. The van der Waals surface area contributed by atoms with Gasteiger partial charge in [0.05, 0.1) is 19.3 Å². The molecule has 0 N–H and O–H groups in total. The van der Waals surface area contributed by atoms with Crippen LogP contribution in [0.25, 0.3) is 0 Å². The lowest BCUT2D eigenvalue weighted by atomic mass is 9.90. The standard InChI is InChI=1S/C28H39NO6S/c1-32-22-15-13-21(14-16-22)19-29-25(20-36-27(29)31)28(33-2)18-24-17-23(35-28)11-9-7-5-3-4-6-8-10-12-26(30)34-24/h3,5,13-16,23-25H,4,6-12,17-20H2,1-2H3/b5-3+/t23-,24-,25-,28-/m1/s1. The highest BCUT2D eigenvalue weighted by Gasteiger charge is 2.54. The minimum absolute atomic E-state index is 0.00930. The van der Waals surface area contributed by atoms with E-state index in [1.165, 1.54) is 11.8 Å². The van der Waals surface area contributed by atoms with Gasteiger partial charge in [-0.25, -0.2) is 0 Å². The van der Waals surface area contributed by atoms with Crippen molar-refractivity contribution in [2.45, 2.75) is 94.8 Å². The number of ether oxygens (including phenoxy) is 4. The van der Waals surface area contributed by atoms with Crippen molar-refractivity contribution < 1.29 is 28.5 Å². The number of fused-ring (bicyclic) bond motifs is 2. The predicted molar refractivity (Wildman–Crippen MR) is 140 cm³/mol. The van der Waals surface area contributed by atoms with E-state index in [1.54, 1.807) is 14.2 Å². The molecule has 7 nitrogen and oxygen atoms in total. The summed E-state index contributed by atoms with van der Waals surface area (Å²) < 4.78 is 24.1. The molecule has 0 radical (unpaired) electrons. The Morgan fingerprint density at radius 2 is 1.81 bits per heavy atom. The third-order valence-electron chi connectivity index (χ3n) is 7.36. The van der Waals surface area contributed by atoms with Crippen LogP contribution in [0.1, 0.15) is 69.8 Å². The maximum absolute atomic E-state index is 13.0. The van der Waals surface area contributed by atoms with Crippen LogP contribution in [-0.2, 0) is 25.5 Å². The molecule has 4 atom stereocenters. The lowest BCUT2D eigenvalue weighted by Gasteiger charge is -2.48. The number of hydrogen-bond donors (Lipinski definition) is 0. The minimum Gasteiger partial charge on any atom is -0.497 e. The van der Waals surface area contributed by atoms with E-state index in [1.807, 2.05) is 29.2 Å². The Morgan fingerprint density at radius 1 is 1.03 bits per heavy atom. The smallest absolute Gasteiger partial charge is 0.306 e. The first-order valence-electron chi connectivity index (χ1n) is 13.2. The maximum atomic E-state index is 13.0. The number of hydrogen-bond acceptors (Lipinski definition) is 7. The molecule has 0 unspecified atom stereocenters. The number of benzene rings is 1. The van der Waals surface area contributed by atoms with Gasteiger partial charge in [-0.15, -0.1) is 0 Å². The molecule has 4 rings (SSSR count). The number of carbonyl (C=O) groups is 2. The van der Waals surface area contributed by atoms with Gasteiger partial charge >= 0.3 is 5.97 Å². The molecule has 2 fully saturated rings. The van der Waals surface area contributed by atoms with Crippen molar-refractivity contribution >= 4 is 23.0 Å². The van der Waals surface area contributed by atoms with Crippen molar-refractivity contribution in [1.29, 1.82) is 0 Å². The Hall–Kier alpha value is -2.03. The highest BCUT2D eigenvalue weighted by Crippen LogP contribution is 2.43. The van der Waals surface area contributed by atoms with E-state index in [0.717, 1.165) is 56.3 Å². The number of esters is 1. The second-order valence-corrected chi connectivity index (χ2v) is 10.8. The zero-order valence-corrected chi connectivity index (χ0v) is 22.3. The fourth-order valence-corrected chi connectivity index (χ4v) is 6.48. The van der Waals surface area contributed by atoms with E-state index in [4.69, 9.17) is 18.9 Å². The number of allylic oxidation sites excluding steroid dienone is 2. The van der Waals surface area contributed by atoms with E-state index in [9.17, 15) is 9.59 Å². The Bertz CT molecular complexity index is 906. The minimum atomic E-state index is -1.02. The number of carbonyl (C=O) groups excluding carboxylic acids is 2. The van der Waals surface area contributed by atoms with Crippen molar-refractivity contribution in [2.75, 3.05) is 20.0 Å². The number of amides is 1. The summed E-state index contributed by atoms with van der Waals surface area (Å²) in [5.41, 5.74) is 1.01. The van der Waals surface area contributed by atoms with Gasteiger partial charge in [-0.05, 0) is 56.2 Å². The molecule has 0 spiro atoms. The summed E-state index contributed by atoms with van der Waals surface area (Å²) in [6.07, 6.45) is 12.5. The highest BCUT2D eigenvalue weighted by atomic mass is 32.2. The summed E-state index contributed by atoms with van der Waals surface area (Å²) >= 11 is 1.29. The molecule has 3 heterocycles. The summed E-state index contributed by atoms with van der Waals surface area (Å²) in [6.45, 7) is 0.453. The molecule has 2 saturated heterocycles. The molecule has 0 aliphatic carbocycles. The zero-order valence-electron chi connectivity index (χ0n) is 21.5. The fourth-order valence-electron chi connectivity index (χ4n) is 5.39. The Kier molecular flexibility index (Phi) is 9.73. The quantitative estimate of drug-likeness (QED) is 0.358. The van der Waals surface area contributed by atoms with Crippen LogP contribution in [0.4, 0.5) is 4.79 Å². The molecule has 8 heteroatoms. The topological polar surface area (TPSA) is 74.3 Å². The maximum Gasteiger partial charge on any atom is 0.306 e. The second kappa shape index (κ2) is 13.0. The third kappa shape index (κ3) is 6.84. The lowest BCUT2D eigenvalue weighted by Crippen LogP contribution is -2.60. The zero-order chi connectivity index (χ0) is 25.4. The van der Waals surface area contributed by atoms with Gasteiger partial charge in [0.15, 0.2) is 5.79 Å². The van der Waals surface area contributed by atoms with Gasteiger partial charge < -0.3 is 23.8 Å². The van der Waals surface area contributed by atoms with Gasteiger partial charge in [0, 0.05) is 38.7 Å². The molecular weight excluding hydrogens is 478 g/mol. The van der Waals surface area contributed by atoms with Gasteiger partial charge in [0.2, 0.25) is 0 Å². The second-order valence-electron chi connectivity index (χ2n) is 9.88. The molecule has 3 aliphatic rings. The van der Waals surface area contributed by atoms with Crippen molar-refractivity contribution in [1.82, 2.24) is 4.90 Å². The number of thioether (sulfide) groups is 1. The molecule has 36 heavy (non-hydrogen) atoms. The van der Waals surface area contributed by atoms with Crippen molar-refractivity contribution in [3.63, 3.8) is 0 Å². The first-order chi connectivity index (χ1) is 17.5. The fraction of sp³-hybridized carbons (Fsp3) is 0.643. The van der Waals surface area contributed by atoms with Gasteiger partial charge in [-0.1, -0.05) is 42.5 Å². The van der Waals surface area contributed by atoms with E-state index in [0.29, 0.717) is 31.6 Å². The summed E-state index contributed by atoms with van der Waals surface area (Å²) in [6, 6.07) is 7.46. The summed E-state index contributed by atoms with van der Waals surface area (Å²) in [4.78, 5) is 27.5. The average Bonchev–Trinajstić information content (AvgIpc) is 3.25. The first-order valence-corrected chi connectivity index (χ1v) is 14.2. The third-order valence-corrected chi connectivity index (χ3v) is 8.32. The van der Waals surface area contributed by atoms with Crippen molar-refractivity contribution in [2.24, 2.45) is 0 Å². The SMILES string of the molecule is COc1ccc(CN2C(=O)SC[C@@H]2[C@@]2(OC)C[C@H]3C[C@@H](CCC/C=C/CCCCCC(=O)O3)O2)cc1. The average molecular weight is 518 g/mol. The molecule has 0 aromatic heterocycles. The monoisotopic (exact) mass is 517 g/mol. The van der Waals surface area contributed by atoms with Crippen LogP contribution in [-0.4, -0.2) is 60.1 Å². The summed E-state index contributed by atoms with van der Waals surface area (Å²) in [7, 11) is 3.28. The van der Waals surface area contributed by atoms with Crippen LogP contribution in [0.15, 0.2) is 36.4 Å². The molecule has 1 aromatic carbocycles. The molecule has 3 aliphatic heterocycles. The van der Waals surface area contributed by atoms with E-state index in [2.05, 4.69) is 12.2 Å². The van der Waals surface area contributed by atoms with Crippen LogP contribution in [0.5, 0.6) is 5.75 Å². The lowest BCUT2D eigenvalue weighted by molar-refractivity contribution is -0.306. The highest BCUT2D eigenvalue weighted by molar-refractivity contribution is 8.13. The van der Waals surface area contributed by atoms with Crippen molar-refractivity contribution in [3.8, 4) is 5.75 Å². The normalized spacial score (nSPS) is 31.3. The van der Waals surface area contributed by atoms with E-state index < -0.39 is 5.79 Å². The van der Waals surface area contributed by atoms with Crippen LogP contribution < -0.4 is 4.74 Å². The molecular formula is C28H39NO6S. The van der Waals surface area contributed by atoms with Gasteiger partial charge in [0.1, 0.15) is 11.9 Å². The number of nitrogens with zero attached hydrogens (tertiary/aromatic N) is 1. The van der Waals surface area contributed by atoms with Crippen molar-refractivity contribution in [3.05, 3.63) is 42.0 Å². The molecule has 1 amide bonds. The van der Waals surface area contributed by atoms with Gasteiger partial charge in [-0.3, -0.25) is 9.59 Å². The number of rotatable bonds is 5. The van der Waals surface area contributed by atoms with Gasteiger partial charge in [0.25, 0.3) is 5.24 Å². The van der Waals surface area contributed by atoms with E-state index >= 15 is 0 Å². The van der Waals surface area contributed by atoms with Crippen LogP contribution in [0, 0.1) is 0 Å². The summed E-state index contributed by atoms with van der Waals surface area (Å²) in [5, 5.41) is 0.00930. The summed E-state index contributed by atoms with van der Waals surface area (Å²) in [5.74, 6) is 0.171. The molecule has 2 bridgehead atoms. The first kappa shape index (κ1) is 27.0. The largest absolute Gasteiger partial charge is 0.497 e. The van der Waals surface area contributed by atoms with E-state index in [-0.39, 0.29) is 29.5 Å². The predicted octanol–water partition coefficient (Wildman–Crippen LogP) is 5.86. The van der Waals surface area contributed by atoms with Crippen LogP contribution in [0.2, 0.25) is 0 Å². The Morgan fingerprint density at radius 3 is 2.56 bits per heavy atom.